The number of aromatic nitrogens is 2. The maximum Gasteiger partial charge on any atom is 0.204 e. The van der Waals surface area contributed by atoms with Gasteiger partial charge in [-0.2, -0.15) is 0 Å². The number of nitrogens with zero attached hydrogens (tertiary/aromatic N) is 2. The van der Waals surface area contributed by atoms with E-state index >= 15 is 0 Å². The fraction of sp³-hybridized carbons (Fsp3) is 0.667. The molecule has 0 spiro atoms. The lowest BCUT2D eigenvalue weighted by atomic mass is 10.4. The third-order valence-electron chi connectivity index (χ3n) is 2.43. The van der Waals surface area contributed by atoms with Crippen molar-refractivity contribution in [2.24, 2.45) is 0 Å². The highest BCUT2D eigenvalue weighted by molar-refractivity contribution is 5.63. The van der Waals surface area contributed by atoms with E-state index in [1.807, 2.05) is 0 Å². The van der Waals surface area contributed by atoms with E-state index in [-0.39, 0.29) is 0 Å². The van der Waals surface area contributed by atoms with Crippen molar-refractivity contribution in [1.82, 2.24) is 9.97 Å². The first-order valence-electron chi connectivity index (χ1n) is 6.20. The maximum atomic E-state index is 5.37. The van der Waals surface area contributed by atoms with Crippen molar-refractivity contribution >= 4 is 11.6 Å². The first-order chi connectivity index (χ1) is 9.33. The second-order valence-electron chi connectivity index (χ2n) is 3.74. The van der Waals surface area contributed by atoms with E-state index in [4.69, 9.17) is 14.2 Å². The van der Waals surface area contributed by atoms with Crippen molar-refractivity contribution in [2.75, 3.05) is 58.3 Å². The smallest absolute Gasteiger partial charge is 0.204 e. The topological polar surface area (TPSA) is 77.5 Å². The fourth-order valence-electron chi connectivity index (χ4n) is 1.50. The molecule has 7 heteroatoms. The quantitative estimate of drug-likeness (QED) is 0.614. The van der Waals surface area contributed by atoms with E-state index in [2.05, 4.69) is 20.6 Å². The lowest BCUT2D eigenvalue weighted by Gasteiger charge is -2.12. The molecule has 1 heterocycles. The molecule has 0 bridgehead atoms. The highest BCUT2D eigenvalue weighted by Gasteiger charge is 2.09. The minimum Gasteiger partial charge on any atom is -0.490 e. The molecule has 1 aromatic rings. The minimum atomic E-state index is 0.616. The normalized spacial score (nSPS) is 10.3. The van der Waals surface area contributed by atoms with E-state index in [0.717, 1.165) is 13.0 Å². The van der Waals surface area contributed by atoms with Crippen LogP contribution in [0, 0.1) is 0 Å². The van der Waals surface area contributed by atoms with Crippen LogP contribution >= 0.6 is 0 Å². The van der Waals surface area contributed by atoms with Gasteiger partial charge in [0.05, 0.1) is 20.3 Å². The van der Waals surface area contributed by atoms with Crippen LogP contribution in [0.3, 0.4) is 0 Å². The maximum absolute atomic E-state index is 5.37. The summed E-state index contributed by atoms with van der Waals surface area (Å²) < 4.78 is 15.5. The molecule has 0 atom stereocenters. The van der Waals surface area contributed by atoms with Gasteiger partial charge in [0.1, 0.15) is 6.33 Å². The predicted molar refractivity (Wildman–Crippen MR) is 73.9 cm³/mol. The van der Waals surface area contributed by atoms with Crippen molar-refractivity contribution < 1.29 is 14.2 Å². The predicted octanol–water partition coefficient (Wildman–Crippen LogP) is 0.992. The summed E-state index contributed by atoms with van der Waals surface area (Å²) in [6.07, 6.45) is 2.37. The van der Waals surface area contributed by atoms with Crippen LogP contribution in [0.5, 0.6) is 5.75 Å². The van der Waals surface area contributed by atoms with Gasteiger partial charge in [0.2, 0.25) is 5.75 Å². The van der Waals surface area contributed by atoms with E-state index < -0.39 is 0 Å². The average Bonchev–Trinajstić information content (AvgIpc) is 2.45. The van der Waals surface area contributed by atoms with Crippen molar-refractivity contribution in [3.63, 3.8) is 0 Å². The third kappa shape index (κ3) is 5.27. The summed E-state index contributed by atoms with van der Waals surface area (Å²) in [7, 11) is 5.04. The molecule has 0 aliphatic carbocycles. The van der Waals surface area contributed by atoms with Gasteiger partial charge in [-0.05, 0) is 6.42 Å². The van der Waals surface area contributed by atoms with Crippen LogP contribution in [0.15, 0.2) is 6.33 Å². The van der Waals surface area contributed by atoms with Crippen LogP contribution in [-0.4, -0.2) is 57.6 Å². The van der Waals surface area contributed by atoms with Crippen molar-refractivity contribution in [3.05, 3.63) is 6.33 Å². The average molecular weight is 270 g/mol. The molecule has 1 rings (SSSR count). The number of anilines is 2. The summed E-state index contributed by atoms with van der Waals surface area (Å²) in [5.41, 5.74) is 0. The van der Waals surface area contributed by atoms with Crippen LogP contribution in [0.4, 0.5) is 11.6 Å². The number of nitrogens with one attached hydrogen (secondary N) is 2. The van der Waals surface area contributed by atoms with Gasteiger partial charge in [0, 0.05) is 27.3 Å². The lowest BCUT2D eigenvalue weighted by Crippen LogP contribution is -2.10. The van der Waals surface area contributed by atoms with Gasteiger partial charge in [0.25, 0.3) is 0 Å². The van der Waals surface area contributed by atoms with Gasteiger partial charge in [0.15, 0.2) is 11.6 Å². The highest BCUT2D eigenvalue weighted by atomic mass is 16.5. The molecule has 108 valence electrons. The van der Waals surface area contributed by atoms with Gasteiger partial charge >= 0.3 is 0 Å². The number of rotatable bonds is 10. The lowest BCUT2D eigenvalue weighted by molar-refractivity contribution is 0.0705. The molecule has 0 fully saturated rings. The Hall–Kier alpha value is -1.60. The van der Waals surface area contributed by atoms with Gasteiger partial charge in [-0.15, -0.1) is 0 Å². The van der Waals surface area contributed by atoms with Crippen LogP contribution in [0.2, 0.25) is 0 Å². The molecule has 0 saturated heterocycles. The fourth-order valence-corrected chi connectivity index (χ4v) is 1.50. The number of hydrogen-bond donors (Lipinski definition) is 2. The van der Waals surface area contributed by atoms with Crippen LogP contribution in [-0.2, 0) is 9.47 Å². The van der Waals surface area contributed by atoms with Crippen LogP contribution in [0.1, 0.15) is 6.42 Å². The Bertz CT molecular complexity index is 363. The zero-order valence-electron chi connectivity index (χ0n) is 11.7. The van der Waals surface area contributed by atoms with E-state index in [1.165, 1.54) is 6.33 Å². The summed E-state index contributed by atoms with van der Waals surface area (Å²) in [6.45, 7) is 2.68. The van der Waals surface area contributed by atoms with Crippen molar-refractivity contribution in [2.45, 2.75) is 6.42 Å². The Morgan fingerprint density at radius 3 is 2.58 bits per heavy atom. The first-order valence-corrected chi connectivity index (χ1v) is 6.20. The number of hydrogen-bond acceptors (Lipinski definition) is 7. The van der Waals surface area contributed by atoms with Crippen LogP contribution in [0.25, 0.3) is 0 Å². The molecule has 0 aliphatic rings. The Morgan fingerprint density at radius 1 is 1.11 bits per heavy atom. The largest absolute Gasteiger partial charge is 0.490 e. The van der Waals surface area contributed by atoms with Gasteiger partial charge in [-0.25, -0.2) is 9.97 Å². The molecule has 0 amide bonds. The Kier molecular flexibility index (Phi) is 7.60. The minimum absolute atomic E-state index is 0.616. The molecule has 0 aliphatic heterocycles. The number of ether oxygens (including phenoxy) is 3. The Morgan fingerprint density at radius 2 is 1.89 bits per heavy atom. The summed E-state index contributed by atoms with van der Waals surface area (Å²) >= 11 is 0. The second-order valence-corrected chi connectivity index (χ2v) is 3.74. The second kappa shape index (κ2) is 9.35. The molecule has 0 saturated carbocycles. The standard InChI is InChI=1S/C12H22N4O3/c1-13-11-10(18-3)12(16-9-15-11)14-5-4-6-19-8-7-17-2/h9H,4-8H2,1-3H3,(H2,13,14,15,16). The molecule has 0 radical (unpaired) electrons. The summed E-state index contributed by atoms with van der Waals surface area (Å²) in [6, 6.07) is 0. The molecule has 7 nitrogen and oxygen atoms in total. The zero-order valence-corrected chi connectivity index (χ0v) is 11.7. The molecular weight excluding hydrogens is 248 g/mol. The third-order valence-corrected chi connectivity index (χ3v) is 2.43. The van der Waals surface area contributed by atoms with Crippen molar-refractivity contribution in [3.8, 4) is 5.75 Å². The van der Waals surface area contributed by atoms with E-state index in [0.29, 0.717) is 37.2 Å². The molecule has 0 aromatic carbocycles. The zero-order chi connectivity index (χ0) is 13.9. The van der Waals surface area contributed by atoms with Gasteiger partial charge in [-0.3, -0.25) is 0 Å². The molecule has 2 N–H and O–H groups in total. The summed E-state index contributed by atoms with van der Waals surface area (Å²) in [5.74, 6) is 1.96. The summed E-state index contributed by atoms with van der Waals surface area (Å²) in [4.78, 5) is 8.24. The number of methoxy groups -OCH3 is 2. The Balaban J connectivity index is 2.33. The van der Waals surface area contributed by atoms with Gasteiger partial charge < -0.3 is 24.8 Å². The SMILES string of the molecule is CNc1ncnc(NCCCOCCOC)c1OC. The van der Waals surface area contributed by atoms with E-state index in [1.54, 1.807) is 21.3 Å². The van der Waals surface area contributed by atoms with E-state index in [9.17, 15) is 0 Å². The van der Waals surface area contributed by atoms with Gasteiger partial charge in [-0.1, -0.05) is 0 Å². The molecule has 19 heavy (non-hydrogen) atoms. The highest BCUT2D eigenvalue weighted by Crippen LogP contribution is 2.28. The summed E-state index contributed by atoms with van der Waals surface area (Å²) in [5, 5.41) is 6.16. The molecule has 1 aromatic heterocycles. The van der Waals surface area contributed by atoms with Crippen molar-refractivity contribution in [1.29, 1.82) is 0 Å². The molecular formula is C12H22N4O3. The monoisotopic (exact) mass is 270 g/mol. The molecule has 0 unspecified atom stereocenters. The first kappa shape index (κ1) is 15.5. The Labute approximate surface area is 113 Å². The van der Waals surface area contributed by atoms with Crippen LogP contribution < -0.4 is 15.4 Å².